The summed E-state index contributed by atoms with van der Waals surface area (Å²) >= 11 is 0. The molecule has 1 fully saturated rings. The normalized spacial score (nSPS) is 16.1. The van der Waals surface area contributed by atoms with Crippen molar-refractivity contribution in [2.45, 2.75) is 44.0 Å². The molecule has 0 atom stereocenters. The average Bonchev–Trinajstić information content (AvgIpc) is 2.74. The first-order valence-electron chi connectivity index (χ1n) is 9.74. The molecule has 3 rings (SSSR count). The third-order valence-electron chi connectivity index (χ3n) is 4.94. The lowest BCUT2D eigenvalue weighted by molar-refractivity contribution is 0.346. The smallest absolute Gasteiger partial charge is 0.243 e. The Morgan fingerprint density at radius 3 is 2.21 bits per heavy atom. The molecule has 0 aliphatic carbocycles. The predicted molar refractivity (Wildman–Crippen MR) is 114 cm³/mol. The summed E-state index contributed by atoms with van der Waals surface area (Å²) in [6, 6.07) is 15.0. The van der Waals surface area contributed by atoms with E-state index >= 15 is 0 Å². The Kier molecular flexibility index (Phi) is 6.70. The Balaban J connectivity index is 1.60. The van der Waals surface area contributed by atoms with Crippen molar-refractivity contribution in [1.82, 2.24) is 4.31 Å². The third kappa shape index (κ3) is 5.11. The lowest BCUT2D eigenvalue weighted by atomic mass is 10.1. The molecule has 3 N–H and O–H groups in total. The lowest BCUT2D eigenvalue weighted by Gasteiger charge is -2.25. The monoisotopic (exact) mass is 400 g/mol. The molecule has 0 amide bonds. The van der Waals surface area contributed by atoms with Gasteiger partial charge < -0.3 is 11.1 Å². The molecule has 1 aliphatic heterocycles. The zero-order valence-electron chi connectivity index (χ0n) is 16.3. The van der Waals surface area contributed by atoms with Crippen molar-refractivity contribution in [2.75, 3.05) is 18.4 Å². The van der Waals surface area contributed by atoms with Crippen molar-refractivity contribution in [1.29, 1.82) is 0 Å². The minimum Gasteiger partial charge on any atom is -0.370 e. The van der Waals surface area contributed by atoms with E-state index in [0.717, 1.165) is 36.9 Å². The van der Waals surface area contributed by atoms with Gasteiger partial charge in [-0.2, -0.15) is 4.31 Å². The molecule has 28 heavy (non-hydrogen) atoms. The molecule has 0 bridgehead atoms. The summed E-state index contributed by atoms with van der Waals surface area (Å²) in [6.07, 6.45) is 3.95. The second-order valence-electron chi connectivity index (χ2n) is 6.99. The van der Waals surface area contributed by atoms with Gasteiger partial charge in [-0.3, -0.25) is 0 Å². The molecule has 0 unspecified atom stereocenters. The first kappa shape index (κ1) is 20.4. The summed E-state index contributed by atoms with van der Waals surface area (Å²) in [6.45, 7) is 3.71. The number of nitrogens with zero attached hydrogens (tertiary/aromatic N) is 2. The zero-order chi connectivity index (χ0) is 20.0. The van der Waals surface area contributed by atoms with Crippen LogP contribution >= 0.6 is 0 Å². The van der Waals surface area contributed by atoms with Gasteiger partial charge in [0.1, 0.15) is 0 Å². The summed E-state index contributed by atoms with van der Waals surface area (Å²) in [5.74, 6) is 0.328. The van der Waals surface area contributed by atoms with E-state index < -0.39 is 10.0 Å². The third-order valence-corrected chi connectivity index (χ3v) is 6.86. The fourth-order valence-electron chi connectivity index (χ4n) is 3.21. The average molecular weight is 401 g/mol. The van der Waals surface area contributed by atoms with Crippen molar-refractivity contribution in [3.05, 3.63) is 59.7 Å². The molecule has 0 aromatic heterocycles. The van der Waals surface area contributed by atoms with Gasteiger partial charge in [-0.1, -0.05) is 37.6 Å². The minimum absolute atomic E-state index is 0.328. The van der Waals surface area contributed by atoms with Crippen LogP contribution in [0.2, 0.25) is 0 Å². The Labute approximate surface area is 167 Å². The first-order chi connectivity index (χ1) is 13.5. The van der Waals surface area contributed by atoms with Crippen molar-refractivity contribution < 1.29 is 8.42 Å². The summed E-state index contributed by atoms with van der Waals surface area (Å²) in [5.41, 5.74) is 9.02. The highest BCUT2D eigenvalue weighted by molar-refractivity contribution is 7.89. The molecule has 150 valence electrons. The van der Waals surface area contributed by atoms with Gasteiger partial charge in [0, 0.05) is 18.8 Å². The number of aliphatic imine (C=N–C) groups is 1. The van der Waals surface area contributed by atoms with E-state index in [0.29, 0.717) is 30.5 Å². The number of nitrogens with one attached hydrogen (secondary N) is 1. The molecule has 0 spiro atoms. The Morgan fingerprint density at radius 2 is 1.61 bits per heavy atom. The van der Waals surface area contributed by atoms with Gasteiger partial charge in [0.25, 0.3) is 0 Å². The number of sulfonamides is 1. The fourth-order valence-corrected chi connectivity index (χ4v) is 4.73. The second kappa shape index (κ2) is 9.21. The molecule has 1 saturated heterocycles. The van der Waals surface area contributed by atoms with E-state index in [9.17, 15) is 8.42 Å². The van der Waals surface area contributed by atoms with Crippen LogP contribution in [-0.2, 0) is 23.0 Å². The van der Waals surface area contributed by atoms with Crippen molar-refractivity contribution in [3.8, 4) is 0 Å². The Bertz CT molecular complexity index is 900. The molecule has 2 aromatic rings. The van der Waals surface area contributed by atoms with Crippen molar-refractivity contribution in [2.24, 2.45) is 10.7 Å². The van der Waals surface area contributed by atoms with Gasteiger partial charge in [0.05, 0.1) is 11.4 Å². The molecular formula is C21H28N4O2S. The first-order valence-corrected chi connectivity index (χ1v) is 11.2. The molecule has 0 saturated carbocycles. The predicted octanol–water partition coefficient (Wildman–Crippen LogP) is 3.35. The van der Waals surface area contributed by atoms with Crippen LogP contribution in [0.3, 0.4) is 0 Å². The van der Waals surface area contributed by atoms with Crippen LogP contribution < -0.4 is 11.1 Å². The maximum absolute atomic E-state index is 12.7. The van der Waals surface area contributed by atoms with Gasteiger partial charge in [0.15, 0.2) is 5.96 Å². The van der Waals surface area contributed by atoms with E-state index in [2.05, 4.69) is 29.4 Å². The van der Waals surface area contributed by atoms with Gasteiger partial charge >= 0.3 is 0 Å². The largest absolute Gasteiger partial charge is 0.370 e. The van der Waals surface area contributed by atoms with Crippen LogP contribution in [-0.4, -0.2) is 31.8 Å². The highest BCUT2D eigenvalue weighted by Crippen LogP contribution is 2.21. The van der Waals surface area contributed by atoms with Crippen LogP contribution in [0.5, 0.6) is 0 Å². The number of benzene rings is 2. The minimum atomic E-state index is -3.40. The Morgan fingerprint density at radius 1 is 1.00 bits per heavy atom. The number of hydrogen-bond donors (Lipinski definition) is 2. The summed E-state index contributed by atoms with van der Waals surface area (Å²) in [5, 5.41) is 3.07. The molecule has 1 aliphatic rings. The van der Waals surface area contributed by atoms with Gasteiger partial charge in [-0.15, -0.1) is 0 Å². The van der Waals surface area contributed by atoms with E-state index in [1.54, 1.807) is 28.6 Å². The highest BCUT2D eigenvalue weighted by Gasteiger charge is 2.25. The molecule has 6 nitrogen and oxygen atoms in total. The van der Waals surface area contributed by atoms with Gasteiger partial charge in [0.2, 0.25) is 10.0 Å². The van der Waals surface area contributed by atoms with Crippen LogP contribution in [0.15, 0.2) is 58.4 Å². The number of aryl methyl sites for hydroxylation is 1. The maximum atomic E-state index is 12.7. The topological polar surface area (TPSA) is 87.8 Å². The number of piperidine rings is 1. The Hall–Kier alpha value is -2.38. The second-order valence-corrected chi connectivity index (χ2v) is 8.92. The molecule has 7 heteroatoms. The number of anilines is 1. The van der Waals surface area contributed by atoms with Gasteiger partial charge in [-0.25, -0.2) is 13.4 Å². The van der Waals surface area contributed by atoms with E-state index in [1.165, 1.54) is 5.56 Å². The van der Waals surface area contributed by atoms with Crippen molar-refractivity contribution in [3.63, 3.8) is 0 Å². The highest BCUT2D eigenvalue weighted by atomic mass is 32.2. The van der Waals surface area contributed by atoms with E-state index in [-0.39, 0.29) is 0 Å². The SMILES string of the molecule is CCc1ccc(NC(N)=NCc2ccc(S(=O)(=O)N3CCCCC3)cc2)cc1. The number of nitrogens with two attached hydrogens (primary N) is 1. The number of hydrogen-bond acceptors (Lipinski definition) is 3. The van der Waals surface area contributed by atoms with Crippen LogP contribution in [0, 0.1) is 0 Å². The standard InChI is InChI=1S/C21H28N4O2S/c1-2-17-6-10-19(11-7-17)24-21(22)23-16-18-8-12-20(13-9-18)28(26,27)25-14-4-3-5-15-25/h6-13H,2-5,14-16H2,1H3,(H3,22,23,24). The maximum Gasteiger partial charge on any atom is 0.243 e. The fraction of sp³-hybridized carbons (Fsp3) is 0.381. The van der Waals surface area contributed by atoms with E-state index in [1.807, 2.05) is 12.1 Å². The number of guanidine groups is 1. The van der Waals surface area contributed by atoms with Crippen LogP contribution in [0.4, 0.5) is 5.69 Å². The van der Waals surface area contributed by atoms with Crippen molar-refractivity contribution >= 4 is 21.7 Å². The van der Waals surface area contributed by atoms with Crippen LogP contribution in [0.1, 0.15) is 37.3 Å². The molecule has 2 aromatic carbocycles. The zero-order valence-corrected chi connectivity index (χ0v) is 17.1. The molecule has 0 radical (unpaired) electrons. The quantitative estimate of drug-likeness (QED) is 0.575. The molecular weight excluding hydrogens is 372 g/mol. The summed E-state index contributed by atoms with van der Waals surface area (Å²) in [4.78, 5) is 4.67. The summed E-state index contributed by atoms with van der Waals surface area (Å²) < 4.78 is 26.9. The molecule has 1 heterocycles. The van der Waals surface area contributed by atoms with Crippen LogP contribution in [0.25, 0.3) is 0 Å². The lowest BCUT2D eigenvalue weighted by Crippen LogP contribution is -2.35. The van der Waals surface area contributed by atoms with Gasteiger partial charge in [-0.05, 0) is 54.7 Å². The number of rotatable bonds is 6. The summed E-state index contributed by atoms with van der Waals surface area (Å²) in [7, 11) is -3.40. The van der Waals surface area contributed by atoms with E-state index in [4.69, 9.17) is 5.73 Å².